The van der Waals surface area contributed by atoms with Gasteiger partial charge in [0, 0.05) is 0 Å². The first kappa shape index (κ1) is 12.3. The average Bonchev–Trinajstić information content (AvgIpc) is 2.18. The second kappa shape index (κ2) is 5.35. The van der Waals surface area contributed by atoms with Gasteiger partial charge in [-0.3, -0.25) is 4.79 Å². The lowest BCUT2D eigenvalue weighted by Gasteiger charge is -2.12. The Morgan fingerprint density at radius 3 is 2.53 bits per heavy atom. The van der Waals surface area contributed by atoms with E-state index in [-0.39, 0.29) is 0 Å². The van der Waals surface area contributed by atoms with Gasteiger partial charge in [0.2, 0.25) is 0 Å². The zero-order valence-electron chi connectivity index (χ0n) is 7.91. The predicted molar refractivity (Wildman–Crippen MR) is 60.5 cm³/mol. The summed E-state index contributed by atoms with van der Waals surface area (Å²) in [6, 6.07) is 4.81. The fourth-order valence-electron chi connectivity index (χ4n) is 1.33. The number of carbonyl (C=O) groups is 1. The Balaban J connectivity index is 3.01. The molecule has 0 aliphatic rings. The van der Waals surface area contributed by atoms with Gasteiger partial charge in [0.05, 0.1) is 16.0 Å². The summed E-state index contributed by atoms with van der Waals surface area (Å²) in [6.07, 6.45) is 0.382. The highest BCUT2D eigenvalue weighted by Crippen LogP contribution is 2.27. The van der Waals surface area contributed by atoms with E-state index in [1.807, 2.05) is 0 Å². The van der Waals surface area contributed by atoms with Gasteiger partial charge >= 0.3 is 5.97 Å². The largest absolute Gasteiger partial charge is 0.481 e. The summed E-state index contributed by atoms with van der Waals surface area (Å²) in [7, 11) is 0. The molecule has 0 aliphatic carbocycles. The normalized spacial score (nSPS) is 12.5. The molecule has 1 atom stereocenters. The van der Waals surface area contributed by atoms with Crippen LogP contribution in [-0.4, -0.2) is 17.6 Å². The summed E-state index contributed by atoms with van der Waals surface area (Å²) in [5.41, 5.74) is 5.98. The highest BCUT2D eigenvalue weighted by Gasteiger charge is 2.19. The lowest BCUT2D eigenvalue weighted by molar-refractivity contribution is -0.138. The predicted octanol–water partition coefficient (Wildman–Crippen LogP) is 2.51. The molecule has 0 saturated carbocycles. The number of hydrogen-bond acceptors (Lipinski definition) is 2. The van der Waals surface area contributed by atoms with Crippen LogP contribution < -0.4 is 5.73 Å². The van der Waals surface area contributed by atoms with Gasteiger partial charge in [0.1, 0.15) is 0 Å². The van der Waals surface area contributed by atoms with Gasteiger partial charge < -0.3 is 10.8 Å². The van der Waals surface area contributed by atoms with Crippen LogP contribution in [0.25, 0.3) is 0 Å². The molecule has 82 valence electrons. The number of carboxylic acids is 1. The molecule has 0 fully saturated rings. The molecule has 0 radical (unpaired) electrons. The summed E-state index contributed by atoms with van der Waals surface area (Å²) >= 11 is 11.5. The van der Waals surface area contributed by atoms with Crippen molar-refractivity contribution in [3.05, 3.63) is 33.8 Å². The summed E-state index contributed by atoms with van der Waals surface area (Å²) < 4.78 is 0. The molecule has 15 heavy (non-hydrogen) atoms. The highest BCUT2D eigenvalue weighted by molar-refractivity contribution is 6.42. The van der Waals surface area contributed by atoms with Crippen LogP contribution in [0.3, 0.4) is 0 Å². The van der Waals surface area contributed by atoms with Gasteiger partial charge in [-0.25, -0.2) is 0 Å². The van der Waals surface area contributed by atoms with Gasteiger partial charge in [-0.05, 0) is 30.7 Å². The van der Waals surface area contributed by atoms with Crippen molar-refractivity contribution in [1.29, 1.82) is 0 Å². The molecule has 0 spiro atoms. The zero-order valence-corrected chi connectivity index (χ0v) is 9.42. The summed E-state index contributed by atoms with van der Waals surface area (Å²) in [5, 5.41) is 9.76. The van der Waals surface area contributed by atoms with Gasteiger partial charge in [0.15, 0.2) is 0 Å². The van der Waals surface area contributed by atoms with Crippen LogP contribution in [0.15, 0.2) is 18.2 Å². The standard InChI is InChI=1S/C10H11Cl2NO2/c11-8-2-1-6(5-9(8)12)7(3-4-13)10(14)15/h1-2,5,7H,3-4,13H2,(H,14,15). The zero-order chi connectivity index (χ0) is 11.4. The molecule has 0 aliphatic heterocycles. The number of carboxylic acid groups (broad SMARTS) is 1. The van der Waals surface area contributed by atoms with Gasteiger partial charge in [-0.1, -0.05) is 29.3 Å². The highest BCUT2D eigenvalue weighted by atomic mass is 35.5. The van der Waals surface area contributed by atoms with E-state index >= 15 is 0 Å². The summed E-state index contributed by atoms with van der Waals surface area (Å²) in [6.45, 7) is 0.317. The minimum absolute atomic E-state index is 0.317. The minimum atomic E-state index is -0.904. The molecule has 0 bridgehead atoms. The van der Waals surface area contributed by atoms with Crippen molar-refractivity contribution in [3.8, 4) is 0 Å². The molecule has 1 aromatic rings. The van der Waals surface area contributed by atoms with Crippen molar-refractivity contribution >= 4 is 29.2 Å². The quantitative estimate of drug-likeness (QED) is 0.860. The molecular weight excluding hydrogens is 237 g/mol. The van der Waals surface area contributed by atoms with E-state index in [1.54, 1.807) is 18.2 Å². The Morgan fingerprint density at radius 2 is 2.07 bits per heavy atom. The Kier molecular flexibility index (Phi) is 4.39. The third-order valence-corrected chi connectivity index (χ3v) is 2.84. The number of aliphatic carboxylic acids is 1. The lowest BCUT2D eigenvalue weighted by atomic mass is 9.96. The fourth-order valence-corrected chi connectivity index (χ4v) is 1.64. The van der Waals surface area contributed by atoms with E-state index in [0.29, 0.717) is 28.6 Å². The smallest absolute Gasteiger partial charge is 0.311 e. The fraction of sp³-hybridized carbons (Fsp3) is 0.300. The summed E-state index contributed by atoms with van der Waals surface area (Å²) in [5.74, 6) is -1.52. The molecular formula is C10H11Cl2NO2. The average molecular weight is 248 g/mol. The molecule has 0 heterocycles. The third-order valence-electron chi connectivity index (χ3n) is 2.10. The number of nitrogens with two attached hydrogens (primary N) is 1. The number of halogens is 2. The molecule has 0 amide bonds. The maximum absolute atomic E-state index is 11.0. The molecule has 0 aromatic heterocycles. The Hall–Kier alpha value is -0.770. The maximum Gasteiger partial charge on any atom is 0.311 e. The van der Waals surface area contributed by atoms with E-state index in [1.165, 1.54) is 0 Å². The van der Waals surface area contributed by atoms with Crippen LogP contribution in [0.1, 0.15) is 17.9 Å². The topological polar surface area (TPSA) is 63.3 Å². The first-order valence-corrected chi connectivity index (χ1v) is 5.19. The minimum Gasteiger partial charge on any atom is -0.481 e. The van der Waals surface area contributed by atoms with E-state index in [4.69, 9.17) is 34.0 Å². The van der Waals surface area contributed by atoms with Crippen molar-refractivity contribution in [1.82, 2.24) is 0 Å². The monoisotopic (exact) mass is 247 g/mol. The third kappa shape index (κ3) is 3.09. The second-order valence-corrected chi connectivity index (χ2v) is 3.96. The van der Waals surface area contributed by atoms with E-state index in [9.17, 15) is 4.79 Å². The van der Waals surface area contributed by atoms with Crippen LogP contribution in [0.5, 0.6) is 0 Å². The van der Waals surface area contributed by atoms with Crippen molar-refractivity contribution < 1.29 is 9.90 Å². The van der Waals surface area contributed by atoms with E-state index in [0.717, 1.165) is 0 Å². The van der Waals surface area contributed by atoms with Crippen LogP contribution in [0.4, 0.5) is 0 Å². The molecule has 3 N–H and O–H groups in total. The Morgan fingerprint density at radius 1 is 1.40 bits per heavy atom. The first-order chi connectivity index (χ1) is 7.06. The summed E-state index contributed by atoms with van der Waals surface area (Å²) in [4.78, 5) is 11.0. The molecule has 1 rings (SSSR count). The molecule has 1 unspecified atom stereocenters. The first-order valence-electron chi connectivity index (χ1n) is 4.44. The molecule has 5 heteroatoms. The van der Waals surface area contributed by atoms with Crippen molar-refractivity contribution in [3.63, 3.8) is 0 Å². The van der Waals surface area contributed by atoms with Crippen molar-refractivity contribution in [2.24, 2.45) is 5.73 Å². The Labute approximate surface area is 97.8 Å². The van der Waals surface area contributed by atoms with Crippen molar-refractivity contribution in [2.75, 3.05) is 6.54 Å². The van der Waals surface area contributed by atoms with Crippen LogP contribution in [0, 0.1) is 0 Å². The molecule has 1 aromatic carbocycles. The van der Waals surface area contributed by atoms with Gasteiger partial charge in [-0.15, -0.1) is 0 Å². The number of benzene rings is 1. The van der Waals surface area contributed by atoms with Crippen LogP contribution in [0.2, 0.25) is 10.0 Å². The molecule has 3 nitrogen and oxygen atoms in total. The Bertz CT molecular complexity index is 368. The van der Waals surface area contributed by atoms with E-state index in [2.05, 4.69) is 0 Å². The number of rotatable bonds is 4. The van der Waals surface area contributed by atoms with Gasteiger partial charge in [0.25, 0.3) is 0 Å². The molecule has 0 saturated heterocycles. The van der Waals surface area contributed by atoms with Crippen LogP contribution in [-0.2, 0) is 4.79 Å². The second-order valence-electron chi connectivity index (χ2n) is 3.14. The van der Waals surface area contributed by atoms with Gasteiger partial charge in [-0.2, -0.15) is 0 Å². The SMILES string of the molecule is NCCC(C(=O)O)c1ccc(Cl)c(Cl)c1. The van der Waals surface area contributed by atoms with Crippen molar-refractivity contribution in [2.45, 2.75) is 12.3 Å². The maximum atomic E-state index is 11.0. The lowest BCUT2D eigenvalue weighted by Crippen LogP contribution is -2.16. The number of hydrogen-bond donors (Lipinski definition) is 2. The van der Waals surface area contributed by atoms with E-state index < -0.39 is 11.9 Å². The van der Waals surface area contributed by atoms with Crippen LogP contribution >= 0.6 is 23.2 Å².